The quantitative estimate of drug-likeness (QED) is 0.579. The smallest absolute Gasteiger partial charge is 0.315 e. The first-order valence-electron chi connectivity index (χ1n) is 11.9. The number of nitrogens with zero attached hydrogens (tertiary/aromatic N) is 1. The molecule has 0 bridgehead atoms. The molecule has 1 aromatic rings. The summed E-state index contributed by atoms with van der Waals surface area (Å²) >= 11 is 0. The fraction of sp³-hybridized carbons (Fsp3) is 0.652. The van der Waals surface area contributed by atoms with Crippen molar-refractivity contribution in [2.24, 2.45) is 5.92 Å². The highest BCUT2D eigenvalue weighted by Gasteiger charge is 2.27. The topological polar surface area (TPSA) is 108 Å². The molecule has 1 aromatic carbocycles. The highest BCUT2D eigenvalue weighted by molar-refractivity contribution is 7.89. The van der Waals surface area contributed by atoms with E-state index < -0.39 is 10.0 Å². The van der Waals surface area contributed by atoms with Crippen LogP contribution in [0.5, 0.6) is 0 Å². The molecule has 1 heterocycles. The molecule has 8 nitrogen and oxygen atoms in total. The number of sulfonamides is 1. The Morgan fingerprint density at radius 3 is 2.22 bits per heavy atom. The first-order chi connectivity index (χ1) is 15.4. The van der Waals surface area contributed by atoms with E-state index in [1.165, 1.54) is 31.4 Å². The van der Waals surface area contributed by atoms with Gasteiger partial charge in [0.1, 0.15) is 0 Å². The molecule has 2 aliphatic carbocycles. The summed E-state index contributed by atoms with van der Waals surface area (Å²) in [6.45, 7) is 1.52. The van der Waals surface area contributed by atoms with Gasteiger partial charge in [0.05, 0.1) is 4.90 Å². The molecule has 0 aromatic heterocycles. The summed E-state index contributed by atoms with van der Waals surface area (Å²) in [7, 11) is -3.61. The van der Waals surface area contributed by atoms with Crippen LogP contribution in [0, 0.1) is 5.92 Å². The minimum atomic E-state index is -3.61. The Morgan fingerprint density at radius 2 is 1.56 bits per heavy atom. The first kappa shape index (κ1) is 23.0. The highest BCUT2D eigenvalue weighted by Crippen LogP contribution is 2.28. The highest BCUT2D eigenvalue weighted by atomic mass is 32.2. The van der Waals surface area contributed by atoms with Gasteiger partial charge in [0.2, 0.25) is 10.0 Å². The van der Waals surface area contributed by atoms with E-state index in [4.69, 9.17) is 0 Å². The minimum absolute atomic E-state index is 0.0426. The number of benzene rings is 1. The van der Waals surface area contributed by atoms with Crippen LogP contribution >= 0.6 is 0 Å². The minimum Gasteiger partial charge on any atom is -0.338 e. The van der Waals surface area contributed by atoms with Crippen molar-refractivity contribution in [1.29, 1.82) is 0 Å². The third-order valence-electron chi connectivity index (χ3n) is 6.71. The molecule has 176 valence electrons. The van der Waals surface area contributed by atoms with E-state index in [0.717, 1.165) is 25.7 Å². The maximum atomic E-state index is 13.0. The van der Waals surface area contributed by atoms with Crippen LogP contribution in [-0.2, 0) is 10.0 Å². The summed E-state index contributed by atoms with van der Waals surface area (Å²) in [4.78, 5) is 27.1. The number of urea groups is 1. The molecule has 2 saturated carbocycles. The zero-order valence-electron chi connectivity index (χ0n) is 18.5. The molecule has 4 rings (SSSR count). The summed E-state index contributed by atoms with van der Waals surface area (Å²) in [5.41, 5.74) is 0.376. The molecule has 1 saturated heterocycles. The lowest BCUT2D eigenvalue weighted by atomic mass is 9.96. The molecule has 9 heteroatoms. The third kappa shape index (κ3) is 6.22. The summed E-state index contributed by atoms with van der Waals surface area (Å²) in [6.07, 6.45) is 9.18. The molecule has 3 aliphatic rings. The Hall–Kier alpha value is -2.13. The largest absolute Gasteiger partial charge is 0.338 e. The van der Waals surface area contributed by atoms with Gasteiger partial charge >= 0.3 is 6.03 Å². The van der Waals surface area contributed by atoms with Gasteiger partial charge in [0.25, 0.3) is 5.91 Å². The SMILES string of the molecule is O=C(NC1CCCCC1)NC1CCN(C(=O)c2cccc(S(=O)(=O)NCC3CC3)c2)CC1. The van der Waals surface area contributed by atoms with Gasteiger partial charge < -0.3 is 15.5 Å². The molecule has 1 aliphatic heterocycles. The summed E-state index contributed by atoms with van der Waals surface area (Å²) in [6, 6.07) is 6.45. The summed E-state index contributed by atoms with van der Waals surface area (Å²) in [5.74, 6) is 0.267. The van der Waals surface area contributed by atoms with Crippen LogP contribution in [0.15, 0.2) is 29.2 Å². The van der Waals surface area contributed by atoms with E-state index >= 15 is 0 Å². The Bertz CT molecular complexity index is 918. The molecule has 3 amide bonds. The van der Waals surface area contributed by atoms with Crippen molar-refractivity contribution < 1.29 is 18.0 Å². The molecule has 3 N–H and O–H groups in total. The number of amides is 3. The van der Waals surface area contributed by atoms with E-state index in [9.17, 15) is 18.0 Å². The lowest BCUT2D eigenvalue weighted by molar-refractivity contribution is 0.0708. The van der Waals surface area contributed by atoms with Crippen molar-refractivity contribution in [3.63, 3.8) is 0 Å². The van der Waals surface area contributed by atoms with Gasteiger partial charge in [-0.1, -0.05) is 25.3 Å². The lowest BCUT2D eigenvalue weighted by Crippen LogP contribution is -2.51. The monoisotopic (exact) mass is 462 g/mol. The van der Waals surface area contributed by atoms with E-state index in [2.05, 4.69) is 15.4 Å². The third-order valence-corrected chi connectivity index (χ3v) is 8.13. The van der Waals surface area contributed by atoms with Crippen molar-refractivity contribution in [2.45, 2.75) is 74.8 Å². The van der Waals surface area contributed by atoms with Gasteiger partial charge in [-0.05, 0) is 62.6 Å². The van der Waals surface area contributed by atoms with E-state index in [1.807, 2.05) is 0 Å². The normalized spacial score (nSPS) is 20.7. The van der Waals surface area contributed by atoms with E-state index in [-0.39, 0.29) is 28.9 Å². The van der Waals surface area contributed by atoms with Crippen molar-refractivity contribution >= 4 is 22.0 Å². The molecular formula is C23H34N4O4S. The Kier molecular flexibility index (Phi) is 7.35. The molecular weight excluding hydrogens is 428 g/mol. The van der Waals surface area contributed by atoms with Crippen molar-refractivity contribution in [3.05, 3.63) is 29.8 Å². The summed E-state index contributed by atoms with van der Waals surface area (Å²) < 4.78 is 27.7. The van der Waals surface area contributed by atoms with Crippen molar-refractivity contribution in [3.8, 4) is 0 Å². The van der Waals surface area contributed by atoms with Crippen LogP contribution in [-0.4, -0.2) is 57.0 Å². The van der Waals surface area contributed by atoms with E-state index in [0.29, 0.717) is 44.0 Å². The van der Waals surface area contributed by atoms with E-state index in [1.54, 1.807) is 17.0 Å². The van der Waals surface area contributed by atoms with Crippen molar-refractivity contribution in [1.82, 2.24) is 20.3 Å². The van der Waals surface area contributed by atoms with Gasteiger partial charge in [0.15, 0.2) is 0 Å². The van der Waals surface area contributed by atoms with Crippen LogP contribution in [0.3, 0.4) is 0 Å². The van der Waals surface area contributed by atoms with Crippen molar-refractivity contribution in [2.75, 3.05) is 19.6 Å². The van der Waals surface area contributed by atoms with Gasteiger partial charge in [-0.2, -0.15) is 0 Å². The zero-order chi connectivity index (χ0) is 22.6. The Labute approximate surface area is 190 Å². The number of hydrogen-bond acceptors (Lipinski definition) is 4. The van der Waals surface area contributed by atoms with Gasteiger partial charge in [0, 0.05) is 37.3 Å². The fourth-order valence-electron chi connectivity index (χ4n) is 4.50. The average Bonchev–Trinajstić information content (AvgIpc) is 3.63. The second kappa shape index (κ2) is 10.2. The zero-order valence-corrected chi connectivity index (χ0v) is 19.3. The van der Waals surface area contributed by atoms with Crippen LogP contribution in [0.2, 0.25) is 0 Å². The standard InChI is InChI=1S/C23H34N4O4S/c28-22(18-5-4-8-21(15-18)32(30,31)24-16-17-9-10-17)27-13-11-20(12-14-27)26-23(29)25-19-6-2-1-3-7-19/h4-5,8,15,17,19-20,24H,1-3,6-7,9-14,16H2,(H2,25,26,29). The van der Waals surface area contributed by atoms with Crippen LogP contribution in [0.4, 0.5) is 4.79 Å². The number of hydrogen-bond donors (Lipinski definition) is 3. The fourth-order valence-corrected chi connectivity index (χ4v) is 5.66. The first-order valence-corrected chi connectivity index (χ1v) is 13.3. The Balaban J connectivity index is 1.27. The van der Waals surface area contributed by atoms with Gasteiger partial charge in [-0.25, -0.2) is 17.9 Å². The number of piperidine rings is 1. The molecule has 0 spiro atoms. The van der Waals surface area contributed by atoms with Crippen LogP contribution in [0.1, 0.15) is 68.1 Å². The maximum absolute atomic E-state index is 13.0. The molecule has 0 unspecified atom stereocenters. The number of rotatable bonds is 7. The second-order valence-corrected chi connectivity index (χ2v) is 11.1. The number of carbonyl (C=O) groups is 2. The summed E-state index contributed by atoms with van der Waals surface area (Å²) in [5, 5.41) is 6.12. The number of likely N-dealkylation sites (tertiary alicyclic amines) is 1. The van der Waals surface area contributed by atoms with Crippen LogP contribution in [0.25, 0.3) is 0 Å². The lowest BCUT2D eigenvalue weighted by Gasteiger charge is -2.33. The molecule has 3 fully saturated rings. The van der Waals surface area contributed by atoms with Gasteiger partial charge in [-0.3, -0.25) is 4.79 Å². The average molecular weight is 463 g/mol. The maximum Gasteiger partial charge on any atom is 0.315 e. The molecule has 0 atom stereocenters. The van der Waals surface area contributed by atoms with Crippen LogP contribution < -0.4 is 15.4 Å². The predicted octanol–water partition coefficient (Wildman–Crippen LogP) is 2.61. The number of carbonyl (C=O) groups excluding carboxylic acids is 2. The molecule has 0 radical (unpaired) electrons. The second-order valence-electron chi connectivity index (χ2n) is 9.34. The Morgan fingerprint density at radius 1 is 0.906 bits per heavy atom. The predicted molar refractivity (Wildman–Crippen MR) is 122 cm³/mol. The molecule has 32 heavy (non-hydrogen) atoms. The number of nitrogens with one attached hydrogen (secondary N) is 3. The van der Waals surface area contributed by atoms with Gasteiger partial charge in [-0.15, -0.1) is 0 Å².